The van der Waals surface area contributed by atoms with Crippen LogP contribution in [0.15, 0.2) is 42.7 Å². The summed E-state index contributed by atoms with van der Waals surface area (Å²) < 4.78 is 0. The summed E-state index contributed by atoms with van der Waals surface area (Å²) in [5, 5.41) is 9.67. The summed E-state index contributed by atoms with van der Waals surface area (Å²) in [5.74, 6) is -0.134. The van der Waals surface area contributed by atoms with Gasteiger partial charge in [0.15, 0.2) is 0 Å². The lowest BCUT2D eigenvalue weighted by Gasteiger charge is -2.22. The Bertz CT molecular complexity index is 654. The number of benzene rings is 1. The lowest BCUT2D eigenvalue weighted by Crippen LogP contribution is -2.32. The quantitative estimate of drug-likeness (QED) is 0.665. The molecule has 0 bridgehead atoms. The highest BCUT2D eigenvalue weighted by Crippen LogP contribution is 2.31. The Morgan fingerprint density at radius 1 is 1.29 bits per heavy atom. The van der Waals surface area contributed by atoms with E-state index >= 15 is 0 Å². The summed E-state index contributed by atoms with van der Waals surface area (Å²) in [6.45, 7) is 0.553. The maximum atomic E-state index is 12.7. The van der Waals surface area contributed by atoms with Crippen LogP contribution in [-0.2, 0) is 6.54 Å². The fraction of sp³-hybridized carbons (Fsp3) is 0.250. The van der Waals surface area contributed by atoms with Crippen molar-refractivity contribution < 1.29 is 9.90 Å². The molecule has 0 unspecified atom stereocenters. The van der Waals surface area contributed by atoms with E-state index in [2.05, 4.69) is 4.98 Å². The van der Waals surface area contributed by atoms with Gasteiger partial charge in [0.1, 0.15) is 5.75 Å². The highest BCUT2D eigenvalue weighted by molar-refractivity contribution is 5.95. The predicted octanol–water partition coefficient (Wildman–Crippen LogP) is 2.17. The van der Waals surface area contributed by atoms with Crippen molar-refractivity contribution in [3.63, 3.8) is 0 Å². The molecule has 3 N–H and O–H groups in total. The van der Waals surface area contributed by atoms with Crippen molar-refractivity contribution in [3.05, 3.63) is 53.9 Å². The topological polar surface area (TPSA) is 79.5 Å². The molecular formula is C16H17N3O2. The number of aromatic hydroxyl groups is 1. The SMILES string of the molecule is Nc1ccc(C(=O)N(Cc2ccncc2)C2CC2)cc1O. The van der Waals surface area contributed by atoms with Crippen LogP contribution in [0.3, 0.4) is 0 Å². The number of hydrogen-bond donors (Lipinski definition) is 2. The normalized spacial score (nSPS) is 13.9. The molecule has 1 aromatic carbocycles. The monoisotopic (exact) mass is 283 g/mol. The van der Waals surface area contributed by atoms with E-state index in [0.29, 0.717) is 12.1 Å². The zero-order chi connectivity index (χ0) is 14.8. The molecular weight excluding hydrogens is 266 g/mol. The van der Waals surface area contributed by atoms with Crippen molar-refractivity contribution in [2.24, 2.45) is 0 Å². The molecule has 1 amide bonds. The molecule has 5 heteroatoms. The van der Waals surface area contributed by atoms with Crippen molar-refractivity contribution in [1.29, 1.82) is 0 Å². The first-order valence-corrected chi connectivity index (χ1v) is 6.93. The van der Waals surface area contributed by atoms with Gasteiger partial charge in [-0.2, -0.15) is 0 Å². The third kappa shape index (κ3) is 2.97. The summed E-state index contributed by atoms with van der Waals surface area (Å²) in [5.41, 5.74) is 7.36. The molecule has 1 aromatic heterocycles. The first kappa shape index (κ1) is 13.4. The molecule has 5 nitrogen and oxygen atoms in total. The second kappa shape index (κ2) is 5.44. The van der Waals surface area contributed by atoms with E-state index in [1.807, 2.05) is 17.0 Å². The third-order valence-corrected chi connectivity index (χ3v) is 3.63. The van der Waals surface area contributed by atoms with Gasteiger partial charge in [0.2, 0.25) is 0 Å². The fourth-order valence-electron chi connectivity index (χ4n) is 2.28. The number of carbonyl (C=O) groups is 1. The number of nitrogens with zero attached hydrogens (tertiary/aromatic N) is 2. The number of pyridine rings is 1. The van der Waals surface area contributed by atoms with Crippen molar-refractivity contribution in [3.8, 4) is 5.75 Å². The van der Waals surface area contributed by atoms with Gasteiger partial charge in [-0.15, -0.1) is 0 Å². The lowest BCUT2D eigenvalue weighted by molar-refractivity contribution is 0.0729. The molecule has 1 aliphatic rings. The maximum Gasteiger partial charge on any atom is 0.254 e. The standard InChI is InChI=1S/C16H17N3O2/c17-14-4-1-12(9-15(14)20)16(21)19(13-2-3-13)10-11-5-7-18-8-6-11/h1,4-9,13,20H,2-3,10,17H2. The number of rotatable bonds is 4. The van der Waals surface area contributed by atoms with Gasteiger partial charge in [-0.1, -0.05) is 0 Å². The summed E-state index contributed by atoms with van der Waals surface area (Å²) in [7, 11) is 0. The predicted molar refractivity (Wildman–Crippen MR) is 79.7 cm³/mol. The van der Waals surface area contributed by atoms with Gasteiger partial charge >= 0.3 is 0 Å². The summed E-state index contributed by atoms with van der Waals surface area (Å²) in [4.78, 5) is 18.5. The molecule has 0 aliphatic heterocycles. The first-order chi connectivity index (χ1) is 10.1. The number of nitrogen functional groups attached to an aromatic ring is 1. The Hall–Kier alpha value is -2.56. The summed E-state index contributed by atoms with van der Waals surface area (Å²) in [6, 6.07) is 8.73. The van der Waals surface area contributed by atoms with E-state index in [1.54, 1.807) is 24.5 Å². The van der Waals surface area contributed by atoms with Crippen LogP contribution in [-0.4, -0.2) is 26.9 Å². The van der Waals surface area contributed by atoms with E-state index in [-0.39, 0.29) is 23.4 Å². The molecule has 1 heterocycles. The van der Waals surface area contributed by atoms with Crippen LogP contribution in [0, 0.1) is 0 Å². The number of aromatic nitrogens is 1. The van der Waals surface area contributed by atoms with Gasteiger partial charge in [-0.05, 0) is 48.7 Å². The van der Waals surface area contributed by atoms with Crippen LogP contribution in [0.2, 0.25) is 0 Å². The van der Waals surface area contributed by atoms with Crippen LogP contribution < -0.4 is 5.73 Å². The number of carbonyl (C=O) groups excluding carboxylic acids is 1. The first-order valence-electron chi connectivity index (χ1n) is 6.93. The average Bonchev–Trinajstić information content (AvgIpc) is 3.33. The highest BCUT2D eigenvalue weighted by atomic mass is 16.3. The van der Waals surface area contributed by atoms with Gasteiger partial charge in [0.05, 0.1) is 5.69 Å². The molecule has 1 fully saturated rings. The fourth-order valence-corrected chi connectivity index (χ4v) is 2.28. The second-order valence-electron chi connectivity index (χ2n) is 5.29. The van der Waals surface area contributed by atoms with Crippen LogP contribution in [0.25, 0.3) is 0 Å². The molecule has 1 saturated carbocycles. The molecule has 3 rings (SSSR count). The van der Waals surface area contributed by atoms with E-state index in [1.165, 1.54) is 6.07 Å². The number of anilines is 1. The van der Waals surface area contributed by atoms with Gasteiger partial charge in [0.25, 0.3) is 5.91 Å². The molecule has 0 atom stereocenters. The lowest BCUT2D eigenvalue weighted by atomic mass is 10.1. The van der Waals surface area contributed by atoms with Crippen molar-refractivity contribution in [1.82, 2.24) is 9.88 Å². The number of nitrogens with two attached hydrogens (primary N) is 1. The Morgan fingerprint density at radius 3 is 2.62 bits per heavy atom. The molecule has 0 radical (unpaired) electrons. The molecule has 2 aromatic rings. The van der Waals surface area contributed by atoms with Gasteiger partial charge in [0, 0.05) is 30.5 Å². The largest absolute Gasteiger partial charge is 0.506 e. The van der Waals surface area contributed by atoms with Gasteiger partial charge in [-0.25, -0.2) is 0 Å². The van der Waals surface area contributed by atoms with Gasteiger partial charge < -0.3 is 15.7 Å². The number of phenols is 1. The van der Waals surface area contributed by atoms with E-state index < -0.39 is 0 Å². The zero-order valence-electron chi connectivity index (χ0n) is 11.6. The van der Waals surface area contributed by atoms with E-state index in [9.17, 15) is 9.90 Å². The number of amides is 1. The minimum Gasteiger partial charge on any atom is -0.506 e. The van der Waals surface area contributed by atoms with Crippen molar-refractivity contribution in [2.75, 3.05) is 5.73 Å². The van der Waals surface area contributed by atoms with Crippen LogP contribution in [0.1, 0.15) is 28.8 Å². The summed E-state index contributed by atoms with van der Waals surface area (Å²) >= 11 is 0. The minimum atomic E-state index is -0.0791. The Labute approximate surface area is 123 Å². The van der Waals surface area contributed by atoms with Crippen LogP contribution in [0.5, 0.6) is 5.75 Å². The molecule has 21 heavy (non-hydrogen) atoms. The van der Waals surface area contributed by atoms with Crippen molar-refractivity contribution >= 4 is 11.6 Å². The molecule has 0 spiro atoms. The number of hydrogen-bond acceptors (Lipinski definition) is 4. The minimum absolute atomic E-state index is 0.0551. The van der Waals surface area contributed by atoms with Crippen LogP contribution >= 0.6 is 0 Å². The molecule has 0 saturated heterocycles. The molecule has 108 valence electrons. The van der Waals surface area contributed by atoms with Crippen LogP contribution in [0.4, 0.5) is 5.69 Å². The third-order valence-electron chi connectivity index (χ3n) is 3.63. The average molecular weight is 283 g/mol. The Morgan fingerprint density at radius 2 is 2.00 bits per heavy atom. The molecule has 1 aliphatic carbocycles. The van der Waals surface area contributed by atoms with Gasteiger partial charge in [-0.3, -0.25) is 9.78 Å². The summed E-state index contributed by atoms with van der Waals surface area (Å²) in [6.07, 6.45) is 5.50. The van der Waals surface area contributed by atoms with Crippen molar-refractivity contribution in [2.45, 2.75) is 25.4 Å². The second-order valence-corrected chi connectivity index (χ2v) is 5.29. The highest BCUT2D eigenvalue weighted by Gasteiger charge is 2.33. The van der Waals surface area contributed by atoms with E-state index in [4.69, 9.17) is 5.73 Å². The Kier molecular flexibility index (Phi) is 3.48. The smallest absolute Gasteiger partial charge is 0.254 e. The maximum absolute atomic E-state index is 12.7. The van der Waals surface area contributed by atoms with E-state index in [0.717, 1.165) is 18.4 Å². The Balaban J connectivity index is 1.83. The number of phenolic OH excluding ortho intramolecular Hbond substituents is 1. The zero-order valence-corrected chi connectivity index (χ0v) is 11.6.